The highest BCUT2D eigenvalue weighted by Gasteiger charge is 2.37. The van der Waals surface area contributed by atoms with Gasteiger partial charge < -0.3 is 0 Å². The average Bonchev–Trinajstić information content (AvgIpc) is 3.23. The van der Waals surface area contributed by atoms with Crippen LogP contribution < -0.4 is 0 Å². The molecule has 1 nitrogen and oxygen atoms in total. The van der Waals surface area contributed by atoms with Crippen LogP contribution >= 0.6 is 0 Å². The summed E-state index contributed by atoms with van der Waals surface area (Å²) in [5.74, 6) is 0.0819. The second-order valence-electron chi connectivity index (χ2n) is 14.5. The maximum atomic E-state index is 14.2. The number of carbonyl (C=O) groups is 1. The average molecular weight is 679 g/mol. The first-order valence-electron chi connectivity index (χ1n) is 18.3. The van der Waals surface area contributed by atoms with Gasteiger partial charge in [0, 0.05) is 16.5 Å². The van der Waals surface area contributed by atoms with E-state index in [1.807, 2.05) is 12.1 Å². The molecule has 0 amide bonds. The third-order valence-corrected chi connectivity index (χ3v) is 10.8. The van der Waals surface area contributed by atoms with E-state index in [1.165, 1.54) is 22.3 Å². The lowest BCUT2D eigenvalue weighted by Crippen LogP contribution is -2.30. The molecule has 0 N–H and O–H groups in total. The second-order valence-corrected chi connectivity index (χ2v) is 14.5. The smallest absolute Gasteiger partial charge is 0.193 e. The Morgan fingerprint density at radius 1 is 0.283 bits per heavy atom. The summed E-state index contributed by atoms with van der Waals surface area (Å²) in [6.07, 6.45) is 0. The van der Waals surface area contributed by atoms with Gasteiger partial charge in [0.1, 0.15) is 0 Å². The van der Waals surface area contributed by atoms with Gasteiger partial charge in [0.05, 0.1) is 0 Å². The topological polar surface area (TPSA) is 17.1 Å². The molecule has 0 aliphatic heterocycles. The van der Waals surface area contributed by atoms with Gasteiger partial charge in [0.25, 0.3) is 0 Å². The van der Waals surface area contributed by atoms with E-state index in [-0.39, 0.29) is 5.78 Å². The Morgan fingerprint density at radius 3 is 0.830 bits per heavy atom. The monoisotopic (exact) mass is 678 g/mol. The minimum absolute atomic E-state index is 0.0819. The van der Waals surface area contributed by atoms with E-state index in [9.17, 15) is 4.79 Å². The number of ketones is 1. The fourth-order valence-electron chi connectivity index (χ4n) is 7.95. The first-order chi connectivity index (χ1) is 25.9. The molecular weight excluding hydrogens is 641 g/mol. The van der Waals surface area contributed by atoms with Crippen molar-refractivity contribution in [2.24, 2.45) is 0 Å². The van der Waals surface area contributed by atoms with E-state index in [0.29, 0.717) is 0 Å². The fraction of sp³-hybridized carbons (Fsp3) is 0.0577. The number of hydrogen-bond acceptors (Lipinski definition) is 1. The van der Waals surface area contributed by atoms with Gasteiger partial charge in [0.2, 0.25) is 0 Å². The molecule has 0 unspecified atom stereocenters. The summed E-state index contributed by atoms with van der Waals surface area (Å²) in [6, 6.07) is 68.7. The molecule has 0 heterocycles. The Kier molecular flexibility index (Phi) is 8.05. The molecule has 8 aromatic carbocycles. The van der Waals surface area contributed by atoms with Crippen molar-refractivity contribution >= 4 is 5.78 Å². The van der Waals surface area contributed by atoms with Crippen molar-refractivity contribution in [1.29, 1.82) is 0 Å². The second kappa shape index (κ2) is 13.2. The molecule has 1 heteroatoms. The highest BCUT2D eigenvalue weighted by atomic mass is 16.1. The Morgan fingerprint density at radius 2 is 0.547 bits per heavy atom. The van der Waals surface area contributed by atoms with Crippen LogP contribution in [0.25, 0.3) is 66.8 Å². The standard InChI is InChI=1S/C52H38O/c1-52(2)49-33-39(45-29-41(35-15-7-3-8-16-35)27-42(30-45)36-17-9-4-10-18-36)23-25-47(49)51(53)48-26-24-40(34-50(48)52)46-31-43(37-19-11-5-12-20-37)28-44(32-46)38-21-13-6-14-22-38/h3-34H,1-2H3. The normalized spacial score (nSPS) is 12.9. The number of rotatable bonds is 6. The molecule has 0 spiro atoms. The maximum absolute atomic E-state index is 14.2. The minimum atomic E-state index is -0.413. The quantitative estimate of drug-likeness (QED) is 0.171. The van der Waals surface area contributed by atoms with Gasteiger partial charge in [0.15, 0.2) is 5.78 Å². The van der Waals surface area contributed by atoms with Gasteiger partial charge in [-0.2, -0.15) is 0 Å². The van der Waals surface area contributed by atoms with Crippen LogP contribution in [-0.2, 0) is 5.41 Å². The summed E-state index contributed by atoms with van der Waals surface area (Å²) < 4.78 is 0. The van der Waals surface area contributed by atoms with Crippen molar-refractivity contribution < 1.29 is 4.79 Å². The van der Waals surface area contributed by atoms with Crippen molar-refractivity contribution in [3.8, 4) is 66.8 Å². The van der Waals surface area contributed by atoms with Gasteiger partial charge in [-0.05, 0) is 126 Å². The van der Waals surface area contributed by atoms with E-state index in [1.54, 1.807) is 0 Å². The highest BCUT2D eigenvalue weighted by molar-refractivity contribution is 6.13. The van der Waals surface area contributed by atoms with Crippen LogP contribution in [0.15, 0.2) is 194 Å². The molecule has 0 saturated carbocycles. The molecule has 0 fully saturated rings. The summed E-state index contributed by atoms with van der Waals surface area (Å²) >= 11 is 0. The van der Waals surface area contributed by atoms with Gasteiger partial charge in [-0.3, -0.25) is 4.79 Å². The summed E-state index contributed by atoms with van der Waals surface area (Å²) in [4.78, 5) is 14.2. The molecule has 0 saturated heterocycles. The first-order valence-corrected chi connectivity index (χ1v) is 18.3. The SMILES string of the molecule is CC1(C)c2cc(-c3cc(-c4ccccc4)cc(-c4ccccc4)c3)ccc2C(=O)c2ccc(-c3cc(-c4ccccc4)cc(-c4ccccc4)c3)cc21. The molecule has 9 rings (SSSR count). The molecule has 53 heavy (non-hydrogen) atoms. The van der Waals surface area contributed by atoms with Crippen LogP contribution in [0.1, 0.15) is 40.9 Å². The van der Waals surface area contributed by atoms with Crippen LogP contribution in [0, 0.1) is 0 Å². The molecule has 1 aliphatic rings. The van der Waals surface area contributed by atoms with Gasteiger partial charge in [-0.1, -0.05) is 159 Å². The lowest BCUT2D eigenvalue weighted by atomic mass is 9.67. The lowest BCUT2D eigenvalue weighted by molar-refractivity contribution is 0.103. The minimum Gasteiger partial charge on any atom is -0.289 e. The molecule has 0 atom stereocenters. The van der Waals surface area contributed by atoms with E-state index in [4.69, 9.17) is 0 Å². The van der Waals surface area contributed by atoms with Crippen LogP contribution in [0.4, 0.5) is 0 Å². The summed E-state index contributed by atoms with van der Waals surface area (Å²) in [5.41, 5.74) is 17.1. The van der Waals surface area contributed by atoms with Crippen molar-refractivity contribution in [2.75, 3.05) is 0 Å². The number of carbonyl (C=O) groups excluding carboxylic acids is 1. The lowest BCUT2D eigenvalue weighted by Gasteiger charge is -2.35. The number of fused-ring (bicyclic) bond motifs is 2. The Bertz CT molecular complexity index is 2320. The predicted octanol–water partition coefficient (Wildman–Crippen LogP) is 13.6. The van der Waals surface area contributed by atoms with Crippen molar-refractivity contribution in [2.45, 2.75) is 19.3 Å². The van der Waals surface area contributed by atoms with Gasteiger partial charge >= 0.3 is 0 Å². The van der Waals surface area contributed by atoms with E-state index >= 15 is 0 Å². The molecule has 8 aromatic rings. The van der Waals surface area contributed by atoms with E-state index in [2.05, 4.69) is 196 Å². The van der Waals surface area contributed by atoms with Crippen molar-refractivity contribution in [3.05, 3.63) is 216 Å². The number of benzene rings is 8. The highest BCUT2D eigenvalue weighted by Crippen LogP contribution is 2.45. The van der Waals surface area contributed by atoms with E-state index < -0.39 is 5.41 Å². The van der Waals surface area contributed by atoms with Crippen LogP contribution in [0.5, 0.6) is 0 Å². The molecule has 0 radical (unpaired) electrons. The Labute approximate surface area is 311 Å². The van der Waals surface area contributed by atoms with Crippen LogP contribution in [-0.4, -0.2) is 5.78 Å². The fourth-order valence-corrected chi connectivity index (χ4v) is 7.95. The summed E-state index contributed by atoms with van der Waals surface area (Å²) in [7, 11) is 0. The summed E-state index contributed by atoms with van der Waals surface area (Å²) in [6.45, 7) is 4.52. The molecule has 252 valence electrons. The molecule has 1 aliphatic carbocycles. The zero-order chi connectivity index (χ0) is 35.9. The van der Waals surface area contributed by atoms with Crippen LogP contribution in [0.2, 0.25) is 0 Å². The predicted molar refractivity (Wildman–Crippen MR) is 221 cm³/mol. The van der Waals surface area contributed by atoms with Gasteiger partial charge in [-0.15, -0.1) is 0 Å². The third kappa shape index (κ3) is 6.01. The number of hydrogen-bond donors (Lipinski definition) is 0. The zero-order valence-corrected chi connectivity index (χ0v) is 29.9. The van der Waals surface area contributed by atoms with Crippen molar-refractivity contribution in [3.63, 3.8) is 0 Å². The Balaban J connectivity index is 1.16. The molecule has 0 aromatic heterocycles. The molecular formula is C52H38O. The van der Waals surface area contributed by atoms with E-state index in [0.717, 1.165) is 66.8 Å². The molecule has 0 bridgehead atoms. The van der Waals surface area contributed by atoms with Crippen LogP contribution in [0.3, 0.4) is 0 Å². The maximum Gasteiger partial charge on any atom is 0.193 e. The summed E-state index contributed by atoms with van der Waals surface area (Å²) in [5, 5.41) is 0. The van der Waals surface area contributed by atoms with Gasteiger partial charge in [-0.25, -0.2) is 0 Å². The Hall–Kier alpha value is -6.57. The largest absolute Gasteiger partial charge is 0.289 e. The zero-order valence-electron chi connectivity index (χ0n) is 29.9. The first kappa shape index (κ1) is 32.3. The van der Waals surface area contributed by atoms with Crippen molar-refractivity contribution in [1.82, 2.24) is 0 Å². The third-order valence-electron chi connectivity index (χ3n) is 10.8.